The second kappa shape index (κ2) is 15.3. The number of benzene rings is 2. The maximum Gasteiger partial charge on any atom is 0.315 e. The number of ketones is 1. The van der Waals surface area contributed by atoms with Gasteiger partial charge in [-0.25, -0.2) is 4.79 Å². The molecule has 4 N–H and O–H groups in total. The first kappa shape index (κ1) is 31.8. The van der Waals surface area contributed by atoms with E-state index in [1.54, 1.807) is 6.92 Å². The molecule has 2 atom stereocenters. The van der Waals surface area contributed by atoms with Crippen LogP contribution in [0.2, 0.25) is 0 Å². The quantitative estimate of drug-likeness (QED) is 0.213. The summed E-state index contributed by atoms with van der Waals surface area (Å²) < 4.78 is 5.44. The summed E-state index contributed by atoms with van der Waals surface area (Å²) in [5.74, 6) is -2.12. The lowest BCUT2D eigenvalue weighted by Gasteiger charge is -2.32. The van der Waals surface area contributed by atoms with Crippen LogP contribution in [-0.4, -0.2) is 71.4 Å². The number of nitrogens with zero attached hydrogens (tertiary/aromatic N) is 1. The van der Waals surface area contributed by atoms with E-state index in [0.717, 1.165) is 29.9 Å². The van der Waals surface area contributed by atoms with Gasteiger partial charge in [-0.15, -0.1) is 0 Å². The third-order valence-electron chi connectivity index (χ3n) is 6.76. The molecule has 0 aromatic heterocycles. The summed E-state index contributed by atoms with van der Waals surface area (Å²) in [5.41, 5.74) is 2.78. The summed E-state index contributed by atoms with van der Waals surface area (Å²) in [5, 5.41) is 9.34. The zero-order valence-electron chi connectivity index (χ0n) is 24.0. The molecule has 2 aromatic rings. The molecular weight excluding hydrogens is 538 g/mol. The number of carbonyl (C=O) groups excluding carboxylic acids is 4. The lowest BCUT2D eigenvalue weighted by molar-refractivity contribution is -0.140. The second-order valence-corrected chi connectivity index (χ2v) is 11.4. The number of para-hydroxylation sites is 1. The van der Waals surface area contributed by atoms with Crippen molar-refractivity contribution in [1.29, 1.82) is 0 Å². The Bertz CT molecular complexity index is 1190. The maximum atomic E-state index is 13.4. The summed E-state index contributed by atoms with van der Waals surface area (Å²) >= 11 is 0. The number of carbonyl (C=O) groups is 4. The first-order chi connectivity index (χ1) is 19.6. The van der Waals surface area contributed by atoms with Crippen LogP contribution in [0.5, 0.6) is 0 Å². The molecule has 3 radical (unpaired) electrons. The topological polar surface area (TPSA) is 129 Å². The molecule has 0 spiro atoms. The van der Waals surface area contributed by atoms with Gasteiger partial charge < -0.3 is 30.9 Å². The normalized spacial score (nSPS) is 15.4. The molecule has 1 aliphatic rings. The van der Waals surface area contributed by atoms with Crippen molar-refractivity contribution in [3.63, 3.8) is 0 Å². The third kappa shape index (κ3) is 9.43. The minimum Gasteiger partial charge on any atom is -0.378 e. The standard InChI is InChI=1S/C30H40N5O5Si/c1-4-24(26(36)27(37)31-20-23-12-8-9-13-25(23)35-14-16-40-17-15-35)33-28(38)30(41,18-21(2)3)34-29(39)32-19-22-10-6-5-7-11-22/h5-13,21,24H,4,14-20H2,1-3H3,(H,31,37)(H,33,38)(H2,32,34,39)/t24?,30-/m0/s1. The van der Waals surface area contributed by atoms with Crippen LogP contribution < -0.4 is 26.2 Å². The van der Waals surface area contributed by atoms with Gasteiger partial charge in [0.25, 0.3) is 5.91 Å². The van der Waals surface area contributed by atoms with Crippen LogP contribution in [0.3, 0.4) is 0 Å². The highest BCUT2D eigenvalue weighted by Gasteiger charge is 2.38. The first-order valence-corrected chi connectivity index (χ1v) is 14.5. The average molecular weight is 579 g/mol. The zero-order chi connectivity index (χ0) is 29.8. The molecule has 219 valence electrons. The number of nitrogens with one attached hydrogen (secondary N) is 4. The van der Waals surface area contributed by atoms with Crippen molar-refractivity contribution >= 4 is 39.6 Å². The molecule has 4 amide bonds. The fourth-order valence-electron chi connectivity index (χ4n) is 4.66. The van der Waals surface area contributed by atoms with Crippen molar-refractivity contribution in [2.45, 2.75) is 57.9 Å². The van der Waals surface area contributed by atoms with E-state index in [2.05, 4.69) is 36.4 Å². The van der Waals surface area contributed by atoms with Gasteiger partial charge in [0.2, 0.25) is 11.7 Å². The van der Waals surface area contributed by atoms with E-state index in [4.69, 9.17) is 4.74 Å². The Hall–Kier alpha value is -3.70. The summed E-state index contributed by atoms with van der Waals surface area (Å²) in [6.45, 7) is 8.74. The lowest BCUT2D eigenvalue weighted by Crippen LogP contribution is -2.64. The highest BCUT2D eigenvalue weighted by Crippen LogP contribution is 2.21. The summed E-state index contributed by atoms with van der Waals surface area (Å²) in [6, 6.07) is 15.5. The van der Waals surface area contributed by atoms with Crippen LogP contribution in [0.15, 0.2) is 54.6 Å². The van der Waals surface area contributed by atoms with Crippen LogP contribution in [0.25, 0.3) is 0 Å². The number of amides is 4. The fraction of sp³-hybridized carbons (Fsp3) is 0.467. The van der Waals surface area contributed by atoms with Gasteiger partial charge in [-0.3, -0.25) is 14.4 Å². The number of anilines is 1. The SMILES string of the molecule is CCC(NC(=O)[C@@]([Si])(CC(C)C)NC(=O)NCc1ccccc1)C(=O)C(=O)NCc1ccccc1N1CCOCC1. The molecule has 2 aromatic carbocycles. The average Bonchev–Trinajstić information content (AvgIpc) is 2.97. The van der Waals surface area contributed by atoms with E-state index < -0.39 is 34.8 Å². The van der Waals surface area contributed by atoms with E-state index >= 15 is 0 Å². The van der Waals surface area contributed by atoms with Crippen LogP contribution in [0.4, 0.5) is 10.5 Å². The van der Waals surface area contributed by atoms with Gasteiger partial charge in [0.05, 0.1) is 29.5 Å². The van der Waals surface area contributed by atoms with E-state index in [9.17, 15) is 19.2 Å². The summed E-state index contributed by atoms with van der Waals surface area (Å²) in [7, 11) is 3.49. The summed E-state index contributed by atoms with van der Waals surface area (Å²) in [6.07, 6.45) is 0.455. The van der Waals surface area contributed by atoms with Crippen molar-refractivity contribution in [2.24, 2.45) is 5.92 Å². The number of ether oxygens (including phenoxy) is 1. The van der Waals surface area contributed by atoms with Crippen molar-refractivity contribution in [3.05, 3.63) is 65.7 Å². The molecule has 1 saturated heterocycles. The molecule has 1 fully saturated rings. The molecular formula is C30H40N5O5Si. The van der Waals surface area contributed by atoms with Crippen molar-refractivity contribution in [1.82, 2.24) is 21.3 Å². The van der Waals surface area contributed by atoms with Gasteiger partial charge in [-0.2, -0.15) is 0 Å². The van der Waals surface area contributed by atoms with Crippen LogP contribution in [0, 0.1) is 5.92 Å². The largest absolute Gasteiger partial charge is 0.378 e. The van der Waals surface area contributed by atoms with Crippen LogP contribution in [0.1, 0.15) is 44.7 Å². The van der Waals surface area contributed by atoms with Gasteiger partial charge in [0, 0.05) is 31.9 Å². The minimum atomic E-state index is -1.49. The van der Waals surface area contributed by atoms with Crippen LogP contribution >= 0.6 is 0 Å². The number of rotatable bonds is 13. The summed E-state index contributed by atoms with van der Waals surface area (Å²) in [4.78, 5) is 54.2. The minimum absolute atomic E-state index is 0.0262. The second-order valence-electron chi connectivity index (χ2n) is 10.5. The fourth-order valence-corrected chi connectivity index (χ4v) is 5.25. The van der Waals surface area contributed by atoms with E-state index in [0.29, 0.717) is 13.2 Å². The Morgan fingerprint density at radius 1 is 0.951 bits per heavy atom. The number of hydrogen-bond donors (Lipinski definition) is 4. The third-order valence-corrected chi connectivity index (χ3v) is 7.32. The molecule has 1 heterocycles. The van der Waals surface area contributed by atoms with Crippen molar-refractivity contribution in [3.8, 4) is 0 Å². The van der Waals surface area contributed by atoms with Crippen LogP contribution in [-0.2, 0) is 32.2 Å². The van der Waals surface area contributed by atoms with Gasteiger partial charge in [-0.1, -0.05) is 69.3 Å². The van der Waals surface area contributed by atoms with Gasteiger partial charge in [0.15, 0.2) is 0 Å². The van der Waals surface area contributed by atoms with Gasteiger partial charge >= 0.3 is 6.03 Å². The molecule has 11 heteroatoms. The predicted molar refractivity (Wildman–Crippen MR) is 158 cm³/mol. The first-order valence-electron chi connectivity index (χ1n) is 14.0. The Kier molecular flexibility index (Phi) is 11.9. The Morgan fingerprint density at radius 2 is 1.61 bits per heavy atom. The van der Waals surface area contributed by atoms with Crippen molar-refractivity contribution in [2.75, 3.05) is 31.2 Å². The molecule has 41 heavy (non-hydrogen) atoms. The van der Waals surface area contributed by atoms with E-state index in [-0.39, 0.29) is 31.8 Å². The highest BCUT2D eigenvalue weighted by atomic mass is 28.1. The Labute approximate surface area is 245 Å². The van der Waals surface area contributed by atoms with E-state index in [1.165, 1.54) is 0 Å². The molecule has 0 aliphatic carbocycles. The Balaban J connectivity index is 1.61. The van der Waals surface area contributed by atoms with E-state index in [1.807, 2.05) is 68.4 Å². The number of Topliss-reactive ketones (excluding diaryl/α,β-unsaturated/α-hetero) is 1. The molecule has 1 unspecified atom stereocenters. The van der Waals surface area contributed by atoms with Gasteiger partial charge in [-0.05, 0) is 36.0 Å². The monoisotopic (exact) mass is 578 g/mol. The molecule has 0 bridgehead atoms. The number of urea groups is 1. The lowest BCUT2D eigenvalue weighted by atomic mass is 10.0. The predicted octanol–water partition coefficient (Wildman–Crippen LogP) is 2.01. The van der Waals surface area contributed by atoms with Gasteiger partial charge in [0.1, 0.15) is 5.16 Å². The number of hydrogen-bond acceptors (Lipinski definition) is 6. The highest BCUT2D eigenvalue weighted by molar-refractivity contribution is 6.39. The molecule has 10 nitrogen and oxygen atoms in total. The Morgan fingerprint density at radius 3 is 2.27 bits per heavy atom. The number of morpholine rings is 1. The molecule has 3 rings (SSSR count). The smallest absolute Gasteiger partial charge is 0.315 e. The maximum absolute atomic E-state index is 13.4. The molecule has 1 aliphatic heterocycles. The van der Waals surface area contributed by atoms with Crippen molar-refractivity contribution < 1.29 is 23.9 Å². The molecule has 0 saturated carbocycles. The zero-order valence-corrected chi connectivity index (χ0v) is 25.0.